The predicted molar refractivity (Wildman–Crippen MR) is 63.8 cm³/mol. The normalized spacial score (nSPS) is 11.9. The third-order valence-corrected chi connectivity index (χ3v) is 2.40. The average molecular weight is 237 g/mol. The van der Waals surface area contributed by atoms with Crippen LogP contribution in [-0.2, 0) is 0 Å². The molecule has 17 heavy (non-hydrogen) atoms. The molecule has 0 aliphatic rings. The third-order valence-electron chi connectivity index (χ3n) is 2.40. The fourth-order valence-corrected chi connectivity index (χ4v) is 1.38. The van der Waals surface area contributed by atoms with Crippen LogP contribution in [0.25, 0.3) is 0 Å². The molecule has 3 N–H and O–H groups in total. The van der Waals surface area contributed by atoms with Crippen LogP contribution in [0.3, 0.4) is 0 Å². The first-order valence-corrected chi connectivity index (χ1v) is 5.21. The van der Waals surface area contributed by atoms with Crippen molar-refractivity contribution in [2.24, 2.45) is 5.73 Å². The van der Waals surface area contributed by atoms with E-state index in [1.807, 2.05) is 0 Å². The number of nitro groups is 1. The number of hydrogen-bond acceptors (Lipinski definition) is 4. The van der Waals surface area contributed by atoms with E-state index in [4.69, 9.17) is 5.73 Å². The van der Waals surface area contributed by atoms with Gasteiger partial charge in [-0.15, -0.1) is 0 Å². The van der Waals surface area contributed by atoms with E-state index >= 15 is 0 Å². The van der Waals surface area contributed by atoms with Crippen LogP contribution in [0, 0.1) is 17.0 Å². The van der Waals surface area contributed by atoms with Crippen molar-refractivity contribution in [2.75, 3.05) is 6.54 Å². The molecule has 0 heterocycles. The number of aryl methyl sites for hydroxylation is 1. The summed E-state index contributed by atoms with van der Waals surface area (Å²) in [6, 6.07) is 4.01. The first kappa shape index (κ1) is 13.1. The van der Waals surface area contributed by atoms with Gasteiger partial charge in [0.05, 0.1) is 4.92 Å². The molecule has 0 saturated carbocycles. The zero-order valence-corrected chi connectivity index (χ0v) is 9.77. The molecule has 0 saturated heterocycles. The van der Waals surface area contributed by atoms with Gasteiger partial charge in [0.15, 0.2) is 0 Å². The Kier molecular flexibility index (Phi) is 4.17. The minimum absolute atomic E-state index is 0.0223. The summed E-state index contributed by atoms with van der Waals surface area (Å²) < 4.78 is 0. The number of rotatable bonds is 4. The molecule has 1 rings (SSSR count). The van der Waals surface area contributed by atoms with Crippen molar-refractivity contribution >= 4 is 11.6 Å². The number of nitro benzene ring substituents is 1. The highest BCUT2D eigenvalue weighted by atomic mass is 16.6. The Morgan fingerprint density at radius 2 is 2.24 bits per heavy atom. The van der Waals surface area contributed by atoms with Gasteiger partial charge in [-0.1, -0.05) is 0 Å². The van der Waals surface area contributed by atoms with E-state index in [9.17, 15) is 14.9 Å². The standard InChI is InChI=1S/C11H15N3O3/c1-7-5-9(14(16)17)3-4-10(7)11(15)13-8(2)6-12/h3-5,8H,6,12H2,1-2H3,(H,13,15)/t8-/m1/s1. The van der Waals surface area contributed by atoms with Crippen molar-refractivity contribution in [2.45, 2.75) is 19.9 Å². The second kappa shape index (κ2) is 5.40. The molecule has 0 unspecified atom stereocenters. The Bertz CT molecular complexity index is 446. The molecule has 6 heteroatoms. The Labute approximate surface area is 99.0 Å². The number of nitrogens with two attached hydrogens (primary N) is 1. The molecule has 92 valence electrons. The molecule has 0 radical (unpaired) electrons. The Morgan fingerprint density at radius 3 is 2.71 bits per heavy atom. The van der Waals surface area contributed by atoms with Gasteiger partial charge in [0, 0.05) is 30.3 Å². The molecular formula is C11H15N3O3. The molecule has 1 atom stereocenters. The minimum atomic E-state index is -0.489. The maximum atomic E-state index is 11.8. The van der Waals surface area contributed by atoms with Crippen LogP contribution in [0.4, 0.5) is 5.69 Å². The fourth-order valence-electron chi connectivity index (χ4n) is 1.38. The summed E-state index contributed by atoms with van der Waals surface area (Å²) in [6.07, 6.45) is 0. The van der Waals surface area contributed by atoms with E-state index < -0.39 is 4.92 Å². The zero-order valence-electron chi connectivity index (χ0n) is 9.77. The summed E-state index contributed by atoms with van der Waals surface area (Å²) in [4.78, 5) is 21.8. The van der Waals surface area contributed by atoms with Crippen LogP contribution in [0.15, 0.2) is 18.2 Å². The predicted octanol–water partition coefficient (Wildman–Crippen LogP) is 0.980. The average Bonchev–Trinajstić information content (AvgIpc) is 2.28. The van der Waals surface area contributed by atoms with Crippen LogP contribution < -0.4 is 11.1 Å². The number of nitrogens with zero attached hydrogens (tertiary/aromatic N) is 1. The number of nitrogens with one attached hydrogen (secondary N) is 1. The van der Waals surface area contributed by atoms with Gasteiger partial charge in [0.1, 0.15) is 0 Å². The lowest BCUT2D eigenvalue weighted by molar-refractivity contribution is -0.384. The number of benzene rings is 1. The fraction of sp³-hybridized carbons (Fsp3) is 0.364. The number of carbonyl (C=O) groups is 1. The summed E-state index contributed by atoms with van der Waals surface area (Å²) in [5.74, 6) is -0.268. The van der Waals surface area contributed by atoms with Crippen LogP contribution in [-0.4, -0.2) is 23.4 Å². The van der Waals surface area contributed by atoms with Crippen LogP contribution in [0.2, 0.25) is 0 Å². The second-order valence-electron chi connectivity index (χ2n) is 3.87. The van der Waals surface area contributed by atoms with Gasteiger partial charge in [0.2, 0.25) is 0 Å². The number of hydrogen-bond donors (Lipinski definition) is 2. The van der Waals surface area contributed by atoms with E-state index in [1.165, 1.54) is 18.2 Å². The molecular weight excluding hydrogens is 222 g/mol. The van der Waals surface area contributed by atoms with Gasteiger partial charge in [-0.2, -0.15) is 0 Å². The molecule has 0 spiro atoms. The summed E-state index contributed by atoms with van der Waals surface area (Å²) in [5.41, 5.74) is 6.37. The molecule has 0 bridgehead atoms. The van der Waals surface area contributed by atoms with Gasteiger partial charge < -0.3 is 11.1 Å². The van der Waals surface area contributed by atoms with Crippen molar-refractivity contribution < 1.29 is 9.72 Å². The van der Waals surface area contributed by atoms with Gasteiger partial charge >= 0.3 is 0 Å². The van der Waals surface area contributed by atoms with Crippen LogP contribution in [0.1, 0.15) is 22.8 Å². The number of amides is 1. The lowest BCUT2D eigenvalue weighted by Crippen LogP contribution is -2.38. The summed E-state index contributed by atoms with van der Waals surface area (Å²) in [5, 5.41) is 13.2. The van der Waals surface area contributed by atoms with Crippen LogP contribution in [0.5, 0.6) is 0 Å². The molecule has 0 aliphatic heterocycles. The Hall–Kier alpha value is -1.95. The first-order valence-electron chi connectivity index (χ1n) is 5.21. The van der Waals surface area contributed by atoms with E-state index in [0.29, 0.717) is 17.7 Å². The largest absolute Gasteiger partial charge is 0.348 e. The first-order chi connectivity index (χ1) is 7.95. The maximum Gasteiger partial charge on any atom is 0.269 e. The summed E-state index contributed by atoms with van der Waals surface area (Å²) >= 11 is 0. The highest BCUT2D eigenvalue weighted by Crippen LogP contribution is 2.17. The van der Waals surface area contributed by atoms with Crippen molar-refractivity contribution in [3.63, 3.8) is 0 Å². The number of non-ortho nitro benzene ring substituents is 1. The van der Waals surface area contributed by atoms with E-state index in [1.54, 1.807) is 13.8 Å². The summed E-state index contributed by atoms with van der Waals surface area (Å²) in [7, 11) is 0. The topological polar surface area (TPSA) is 98.3 Å². The van der Waals surface area contributed by atoms with Crippen LogP contribution >= 0.6 is 0 Å². The van der Waals surface area contributed by atoms with Crippen molar-refractivity contribution in [1.82, 2.24) is 5.32 Å². The van der Waals surface area contributed by atoms with Gasteiger partial charge in [-0.05, 0) is 25.5 Å². The molecule has 1 amide bonds. The highest BCUT2D eigenvalue weighted by molar-refractivity contribution is 5.96. The van der Waals surface area contributed by atoms with Crippen molar-refractivity contribution in [3.8, 4) is 0 Å². The zero-order chi connectivity index (χ0) is 13.0. The van der Waals surface area contributed by atoms with Gasteiger partial charge in [0.25, 0.3) is 11.6 Å². The SMILES string of the molecule is Cc1cc([N+](=O)[O-])ccc1C(=O)N[C@H](C)CN. The number of carbonyl (C=O) groups excluding carboxylic acids is 1. The van der Waals surface area contributed by atoms with Crippen molar-refractivity contribution in [1.29, 1.82) is 0 Å². The third kappa shape index (κ3) is 3.25. The quantitative estimate of drug-likeness (QED) is 0.602. The molecule has 0 aromatic heterocycles. The molecule has 0 aliphatic carbocycles. The lowest BCUT2D eigenvalue weighted by atomic mass is 10.1. The van der Waals surface area contributed by atoms with Gasteiger partial charge in [-0.3, -0.25) is 14.9 Å². The van der Waals surface area contributed by atoms with Crippen molar-refractivity contribution in [3.05, 3.63) is 39.4 Å². The maximum absolute atomic E-state index is 11.8. The monoisotopic (exact) mass is 237 g/mol. The second-order valence-corrected chi connectivity index (χ2v) is 3.87. The molecule has 6 nitrogen and oxygen atoms in total. The van der Waals surface area contributed by atoms with E-state index in [2.05, 4.69) is 5.32 Å². The van der Waals surface area contributed by atoms with Gasteiger partial charge in [-0.25, -0.2) is 0 Å². The minimum Gasteiger partial charge on any atom is -0.348 e. The smallest absolute Gasteiger partial charge is 0.269 e. The molecule has 0 fully saturated rings. The highest BCUT2D eigenvalue weighted by Gasteiger charge is 2.14. The Morgan fingerprint density at radius 1 is 1.59 bits per heavy atom. The Balaban J connectivity index is 2.92. The molecule has 1 aromatic rings. The van der Waals surface area contributed by atoms with E-state index in [0.717, 1.165) is 0 Å². The van der Waals surface area contributed by atoms with E-state index in [-0.39, 0.29) is 17.6 Å². The lowest BCUT2D eigenvalue weighted by Gasteiger charge is -2.12. The summed E-state index contributed by atoms with van der Waals surface area (Å²) in [6.45, 7) is 3.80. The molecule has 1 aromatic carbocycles.